The van der Waals surface area contributed by atoms with Crippen molar-refractivity contribution in [3.63, 3.8) is 0 Å². The maximum Gasteiger partial charge on any atom is 0.283 e. The molecule has 0 amide bonds. The SMILES string of the molecule is CC1CCC(Nc2cnn(C(C)C)c(=O)c2Br)C1. The molecule has 2 unspecified atom stereocenters. The molecule has 4 nitrogen and oxygen atoms in total. The highest BCUT2D eigenvalue weighted by Gasteiger charge is 2.22. The Morgan fingerprint density at radius 2 is 2.22 bits per heavy atom. The lowest BCUT2D eigenvalue weighted by Crippen LogP contribution is -2.27. The van der Waals surface area contributed by atoms with Gasteiger partial charge in [-0.3, -0.25) is 4.79 Å². The predicted molar refractivity (Wildman–Crippen MR) is 77.0 cm³/mol. The maximum absolute atomic E-state index is 12.1. The third-order valence-corrected chi connectivity index (χ3v) is 4.25. The van der Waals surface area contributed by atoms with Crippen LogP contribution in [-0.4, -0.2) is 15.8 Å². The minimum atomic E-state index is -0.0685. The van der Waals surface area contributed by atoms with Crippen LogP contribution >= 0.6 is 15.9 Å². The van der Waals surface area contributed by atoms with Crippen molar-refractivity contribution in [3.05, 3.63) is 21.0 Å². The normalized spacial score (nSPS) is 23.6. The summed E-state index contributed by atoms with van der Waals surface area (Å²) in [6.07, 6.45) is 5.33. The van der Waals surface area contributed by atoms with Gasteiger partial charge in [-0.25, -0.2) is 4.68 Å². The van der Waals surface area contributed by atoms with Crippen molar-refractivity contribution in [1.82, 2.24) is 9.78 Å². The molecule has 0 radical (unpaired) electrons. The van der Waals surface area contributed by atoms with Crippen molar-refractivity contribution in [2.24, 2.45) is 5.92 Å². The summed E-state index contributed by atoms with van der Waals surface area (Å²) in [6.45, 7) is 6.17. The van der Waals surface area contributed by atoms with Crippen molar-refractivity contribution >= 4 is 21.6 Å². The lowest BCUT2D eigenvalue weighted by Gasteiger charge is -2.16. The van der Waals surface area contributed by atoms with E-state index in [1.54, 1.807) is 6.20 Å². The van der Waals surface area contributed by atoms with E-state index in [1.807, 2.05) is 13.8 Å². The number of hydrogen-bond acceptors (Lipinski definition) is 3. The Balaban J connectivity index is 2.20. The van der Waals surface area contributed by atoms with Crippen LogP contribution in [0.1, 0.15) is 46.1 Å². The molecule has 1 aliphatic rings. The van der Waals surface area contributed by atoms with Gasteiger partial charge in [-0.1, -0.05) is 6.92 Å². The summed E-state index contributed by atoms with van der Waals surface area (Å²) >= 11 is 3.39. The third kappa shape index (κ3) is 2.76. The molecule has 1 saturated carbocycles. The lowest BCUT2D eigenvalue weighted by molar-refractivity contribution is 0.500. The lowest BCUT2D eigenvalue weighted by atomic mass is 10.1. The molecule has 1 aromatic heterocycles. The molecule has 1 N–H and O–H groups in total. The number of hydrogen-bond donors (Lipinski definition) is 1. The van der Waals surface area contributed by atoms with Crippen LogP contribution in [0.2, 0.25) is 0 Å². The van der Waals surface area contributed by atoms with E-state index in [0.29, 0.717) is 10.5 Å². The van der Waals surface area contributed by atoms with Crippen molar-refractivity contribution in [2.75, 3.05) is 5.32 Å². The summed E-state index contributed by atoms with van der Waals surface area (Å²) in [7, 11) is 0. The highest BCUT2D eigenvalue weighted by atomic mass is 79.9. The first-order valence-electron chi connectivity index (χ1n) is 6.53. The van der Waals surface area contributed by atoms with Crippen LogP contribution in [0.15, 0.2) is 15.5 Å². The zero-order valence-electron chi connectivity index (χ0n) is 11.1. The van der Waals surface area contributed by atoms with Gasteiger partial charge < -0.3 is 5.32 Å². The van der Waals surface area contributed by atoms with Crippen molar-refractivity contribution in [1.29, 1.82) is 0 Å². The molecule has 5 heteroatoms. The first kappa shape index (κ1) is 13.6. The molecule has 2 atom stereocenters. The maximum atomic E-state index is 12.1. The van der Waals surface area contributed by atoms with Gasteiger partial charge in [0, 0.05) is 6.04 Å². The molecular weight excluding hydrogens is 294 g/mol. The van der Waals surface area contributed by atoms with E-state index in [-0.39, 0.29) is 11.6 Å². The fraction of sp³-hybridized carbons (Fsp3) is 0.692. The van der Waals surface area contributed by atoms with Gasteiger partial charge in [0.2, 0.25) is 0 Å². The molecule has 0 bridgehead atoms. The molecule has 0 spiro atoms. The summed E-state index contributed by atoms with van der Waals surface area (Å²) in [6, 6.07) is 0.543. The predicted octanol–water partition coefficient (Wildman–Crippen LogP) is 3.19. The Labute approximate surface area is 116 Å². The van der Waals surface area contributed by atoms with Gasteiger partial charge in [-0.15, -0.1) is 0 Å². The molecule has 2 rings (SSSR count). The summed E-state index contributed by atoms with van der Waals surface area (Å²) < 4.78 is 2.08. The summed E-state index contributed by atoms with van der Waals surface area (Å²) in [5, 5.41) is 7.64. The van der Waals surface area contributed by atoms with Gasteiger partial charge >= 0.3 is 0 Å². The number of aromatic nitrogens is 2. The number of nitrogens with zero attached hydrogens (tertiary/aromatic N) is 2. The van der Waals surface area contributed by atoms with Crippen LogP contribution in [0.4, 0.5) is 5.69 Å². The minimum absolute atomic E-state index is 0.0685. The molecule has 18 heavy (non-hydrogen) atoms. The van der Waals surface area contributed by atoms with E-state index in [0.717, 1.165) is 11.6 Å². The minimum Gasteiger partial charge on any atom is -0.380 e. The van der Waals surface area contributed by atoms with E-state index in [4.69, 9.17) is 0 Å². The number of anilines is 1. The van der Waals surface area contributed by atoms with Gasteiger partial charge in [-0.2, -0.15) is 5.10 Å². The summed E-state index contributed by atoms with van der Waals surface area (Å²) in [5.74, 6) is 0.769. The Bertz CT molecular complexity index is 484. The zero-order chi connectivity index (χ0) is 13.3. The van der Waals surface area contributed by atoms with Crippen molar-refractivity contribution in [2.45, 2.75) is 52.1 Å². The van der Waals surface area contributed by atoms with Gasteiger partial charge in [0.15, 0.2) is 0 Å². The second-order valence-electron chi connectivity index (χ2n) is 5.48. The Morgan fingerprint density at radius 3 is 2.78 bits per heavy atom. The average molecular weight is 314 g/mol. The topological polar surface area (TPSA) is 46.9 Å². The van der Waals surface area contributed by atoms with Crippen LogP contribution < -0.4 is 10.9 Å². The Morgan fingerprint density at radius 1 is 1.50 bits per heavy atom. The molecule has 0 saturated heterocycles. The Kier molecular flexibility index (Phi) is 4.10. The molecule has 0 aromatic carbocycles. The van der Waals surface area contributed by atoms with Crippen LogP contribution in [0.25, 0.3) is 0 Å². The zero-order valence-corrected chi connectivity index (χ0v) is 12.7. The van der Waals surface area contributed by atoms with Crippen LogP contribution in [-0.2, 0) is 0 Å². The molecule has 1 aromatic rings. The fourth-order valence-corrected chi connectivity index (χ4v) is 2.87. The van der Waals surface area contributed by atoms with Crippen molar-refractivity contribution < 1.29 is 0 Å². The highest BCUT2D eigenvalue weighted by Crippen LogP contribution is 2.28. The summed E-state index contributed by atoms with van der Waals surface area (Å²) in [4.78, 5) is 12.1. The van der Waals surface area contributed by atoms with Gasteiger partial charge in [0.1, 0.15) is 4.47 Å². The van der Waals surface area contributed by atoms with Crippen LogP contribution in [0.5, 0.6) is 0 Å². The van der Waals surface area contributed by atoms with E-state index in [9.17, 15) is 4.79 Å². The van der Waals surface area contributed by atoms with E-state index < -0.39 is 0 Å². The number of rotatable bonds is 3. The molecular formula is C13H20BrN3O. The van der Waals surface area contributed by atoms with Gasteiger partial charge in [-0.05, 0) is 55.0 Å². The number of halogens is 1. The van der Waals surface area contributed by atoms with Crippen molar-refractivity contribution in [3.8, 4) is 0 Å². The second kappa shape index (κ2) is 5.43. The molecule has 100 valence electrons. The highest BCUT2D eigenvalue weighted by molar-refractivity contribution is 9.10. The first-order valence-corrected chi connectivity index (χ1v) is 7.32. The fourth-order valence-electron chi connectivity index (χ4n) is 2.47. The van der Waals surface area contributed by atoms with E-state index >= 15 is 0 Å². The molecule has 1 heterocycles. The molecule has 1 aliphatic carbocycles. The van der Waals surface area contributed by atoms with E-state index in [1.165, 1.54) is 23.9 Å². The van der Waals surface area contributed by atoms with E-state index in [2.05, 4.69) is 33.3 Å². The Hall–Kier alpha value is -0.840. The molecule has 1 fully saturated rings. The van der Waals surface area contributed by atoms with Gasteiger partial charge in [0.25, 0.3) is 5.56 Å². The molecule has 0 aliphatic heterocycles. The average Bonchev–Trinajstić information content (AvgIpc) is 2.70. The quantitative estimate of drug-likeness (QED) is 0.932. The van der Waals surface area contributed by atoms with Crippen LogP contribution in [0, 0.1) is 5.92 Å². The first-order chi connectivity index (χ1) is 8.49. The number of nitrogens with one attached hydrogen (secondary N) is 1. The third-order valence-electron chi connectivity index (χ3n) is 3.49. The monoisotopic (exact) mass is 313 g/mol. The van der Waals surface area contributed by atoms with Gasteiger partial charge in [0.05, 0.1) is 17.9 Å². The largest absolute Gasteiger partial charge is 0.380 e. The summed E-state index contributed by atoms with van der Waals surface area (Å²) in [5.41, 5.74) is 0.747. The second-order valence-corrected chi connectivity index (χ2v) is 6.27. The standard InChI is InChI=1S/C13H20BrN3O/c1-8(2)17-13(18)12(14)11(7-15-17)16-10-5-4-9(3)6-10/h7-10,16H,4-6H2,1-3H3. The van der Waals surface area contributed by atoms with Crippen LogP contribution in [0.3, 0.4) is 0 Å². The smallest absolute Gasteiger partial charge is 0.283 e.